The average Bonchev–Trinajstić information content (AvgIpc) is 2.60. The first-order valence-electron chi connectivity index (χ1n) is 8.11. The van der Waals surface area contributed by atoms with Gasteiger partial charge in [-0.2, -0.15) is 5.10 Å². The van der Waals surface area contributed by atoms with Crippen molar-refractivity contribution < 1.29 is 8.78 Å². The molecular formula is C17H19ClF2N4O. The Balaban J connectivity index is 1.66. The van der Waals surface area contributed by atoms with Gasteiger partial charge in [0, 0.05) is 38.3 Å². The number of anilines is 1. The summed E-state index contributed by atoms with van der Waals surface area (Å²) in [5.74, 6) is -1.11. The molecule has 25 heavy (non-hydrogen) atoms. The summed E-state index contributed by atoms with van der Waals surface area (Å²) in [6, 6.07) is 3.60. The zero-order chi connectivity index (χ0) is 18.0. The molecule has 1 saturated heterocycles. The number of benzene rings is 1. The molecule has 0 bridgehead atoms. The Kier molecular flexibility index (Phi) is 5.34. The molecule has 0 amide bonds. The van der Waals surface area contributed by atoms with Crippen molar-refractivity contribution in [2.24, 2.45) is 0 Å². The summed E-state index contributed by atoms with van der Waals surface area (Å²) < 4.78 is 28.2. The van der Waals surface area contributed by atoms with Crippen molar-refractivity contribution in [1.29, 1.82) is 0 Å². The van der Waals surface area contributed by atoms with Crippen LogP contribution in [0.25, 0.3) is 0 Å². The van der Waals surface area contributed by atoms with Gasteiger partial charge in [0.2, 0.25) is 0 Å². The van der Waals surface area contributed by atoms with E-state index in [4.69, 9.17) is 11.6 Å². The van der Waals surface area contributed by atoms with E-state index in [1.165, 1.54) is 16.8 Å². The number of likely N-dealkylation sites (tertiary alicyclic amines) is 1. The molecule has 1 N–H and O–H groups in total. The van der Waals surface area contributed by atoms with E-state index in [0.29, 0.717) is 43.7 Å². The first-order chi connectivity index (χ1) is 12.0. The van der Waals surface area contributed by atoms with Gasteiger partial charge in [0.15, 0.2) is 0 Å². The summed E-state index contributed by atoms with van der Waals surface area (Å²) >= 11 is 6.07. The molecule has 134 valence electrons. The second-order valence-electron chi connectivity index (χ2n) is 6.12. The minimum Gasteiger partial charge on any atom is -0.385 e. The number of halogens is 3. The zero-order valence-electron chi connectivity index (χ0n) is 13.8. The molecule has 1 aliphatic rings. The molecule has 2 aromatic rings. The van der Waals surface area contributed by atoms with Gasteiger partial charge in [0.05, 0.1) is 17.9 Å². The molecule has 1 aliphatic heterocycles. The summed E-state index contributed by atoms with van der Waals surface area (Å²) in [6.07, 6.45) is 2.97. The number of piperidine rings is 1. The molecule has 0 aliphatic carbocycles. The van der Waals surface area contributed by atoms with E-state index in [1.807, 2.05) is 0 Å². The third-order valence-corrected chi connectivity index (χ3v) is 4.89. The van der Waals surface area contributed by atoms with Crippen LogP contribution in [0.5, 0.6) is 0 Å². The van der Waals surface area contributed by atoms with Gasteiger partial charge in [-0.15, -0.1) is 0 Å². The van der Waals surface area contributed by atoms with Gasteiger partial charge >= 0.3 is 0 Å². The van der Waals surface area contributed by atoms with Crippen LogP contribution in [0.2, 0.25) is 5.02 Å². The minimum atomic E-state index is -0.577. The molecule has 0 unspecified atom stereocenters. The molecule has 0 atom stereocenters. The predicted octanol–water partition coefficient (Wildman–Crippen LogP) is 3.05. The molecule has 2 heterocycles. The van der Waals surface area contributed by atoms with Gasteiger partial charge in [-0.25, -0.2) is 13.5 Å². The van der Waals surface area contributed by atoms with Crippen LogP contribution in [-0.2, 0) is 6.54 Å². The maximum atomic E-state index is 13.8. The Labute approximate surface area is 149 Å². The lowest BCUT2D eigenvalue weighted by Gasteiger charge is -2.32. The summed E-state index contributed by atoms with van der Waals surface area (Å²) in [7, 11) is 1.68. The third kappa shape index (κ3) is 3.82. The van der Waals surface area contributed by atoms with Crippen molar-refractivity contribution in [2.75, 3.05) is 25.5 Å². The molecule has 1 aromatic heterocycles. The fourth-order valence-corrected chi connectivity index (χ4v) is 3.32. The molecule has 0 saturated carbocycles. The van der Waals surface area contributed by atoms with Gasteiger partial charge in [0.25, 0.3) is 5.56 Å². The van der Waals surface area contributed by atoms with Crippen LogP contribution in [0.4, 0.5) is 14.5 Å². The average molecular weight is 369 g/mol. The lowest BCUT2D eigenvalue weighted by Crippen LogP contribution is -2.38. The summed E-state index contributed by atoms with van der Waals surface area (Å²) in [6.45, 7) is 1.81. The highest BCUT2D eigenvalue weighted by atomic mass is 35.5. The van der Waals surface area contributed by atoms with Crippen LogP contribution in [0, 0.1) is 11.6 Å². The normalized spacial score (nSPS) is 16.2. The Morgan fingerprint density at radius 1 is 1.32 bits per heavy atom. The van der Waals surface area contributed by atoms with E-state index >= 15 is 0 Å². The number of hydrogen-bond donors (Lipinski definition) is 1. The summed E-state index contributed by atoms with van der Waals surface area (Å²) in [5.41, 5.74) is 0.667. The third-order valence-electron chi connectivity index (χ3n) is 4.52. The van der Waals surface area contributed by atoms with Crippen molar-refractivity contribution in [2.45, 2.75) is 25.4 Å². The number of aromatic nitrogens is 2. The highest BCUT2D eigenvalue weighted by molar-refractivity contribution is 6.32. The molecule has 3 rings (SSSR count). The van der Waals surface area contributed by atoms with Crippen LogP contribution in [0.15, 0.2) is 29.2 Å². The van der Waals surface area contributed by atoms with E-state index in [2.05, 4.69) is 15.3 Å². The first-order valence-corrected chi connectivity index (χ1v) is 8.48. The van der Waals surface area contributed by atoms with Gasteiger partial charge in [-0.1, -0.05) is 17.7 Å². The van der Waals surface area contributed by atoms with Gasteiger partial charge in [0.1, 0.15) is 16.7 Å². The molecule has 8 heteroatoms. The molecule has 0 spiro atoms. The minimum absolute atomic E-state index is 0.0368. The molecular weight excluding hydrogens is 350 g/mol. The summed E-state index contributed by atoms with van der Waals surface area (Å²) in [5, 5.41) is 7.17. The summed E-state index contributed by atoms with van der Waals surface area (Å²) in [4.78, 5) is 14.4. The quantitative estimate of drug-likeness (QED) is 0.901. The Bertz CT molecular complexity index is 819. The second-order valence-corrected chi connectivity index (χ2v) is 6.49. The largest absolute Gasteiger partial charge is 0.385 e. The van der Waals surface area contributed by atoms with Crippen LogP contribution in [-0.4, -0.2) is 34.8 Å². The van der Waals surface area contributed by atoms with Crippen LogP contribution in [0.3, 0.4) is 0 Å². The fourth-order valence-electron chi connectivity index (χ4n) is 3.09. The Morgan fingerprint density at radius 3 is 2.68 bits per heavy atom. The van der Waals surface area contributed by atoms with Gasteiger partial charge in [-0.05, 0) is 18.9 Å². The number of nitrogens with one attached hydrogen (secondary N) is 1. The van der Waals surface area contributed by atoms with Gasteiger partial charge < -0.3 is 5.32 Å². The topological polar surface area (TPSA) is 50.2 Å². The standard InChI is InChI=1S/C17H19ClF2N4O/c1-21-15-9-22-24(17(25)16(15)18)13-4-6-23(7-5-13)10-11-2-3-12(19)8-14(11)20/h2-3,8-9,13,21H,4-7,10H2,1H3. The van der Waals surface area contributed by atoms with Crippen molar-refractivity contribution in [3.63, 3.8) is 0 Å². The molecule has 1 fully saturated rings. The number of hydrogen-bond acceptors (Lipinski definition) is 4. The zero-order valence-corrected chi connectivity index (χ0v) is 14.6. The van der Waals surface area contributed by atoms with Crippen molar-refractivity contribution in [3.05, 3.63) is 57.0 Å². The molecule has 0 radical (unpaired) electrons. The van der Waals surface area contributed by atoms with Crippen molar-refractivity contribution >= 4 is 17.3 Å². The van der Waals surface area contributed by atoms with E-state index in [1.54, 1.807) is 13.2 Å². The lowest BCUT2D eigenvalue weighted by molar-refractivity contribution is 0.169. The Hall–Kier alpha value is -1.99. The fraction of sp³-hybridized carbons (Fsp3) is 0.412. The number of rotatable bonds is 4. The molecule has 5 nitrogen and oxygen atoms in total. The van der Waals surface area contributed by atoms with Gasteiger partial charge in [-0.3, -0.25) is 9.69 Å². The smallest absolute Gasteiger partial charge is 0.287 e. The van der Waals surface area contributed by atoms with Crippen molar-refractivity contribution in [1.82, 2.24) is 14.7 Å². The highest BCUT2D eigenvalue weighted by Crippen LogP contribution is 2.24. The lowest BCUT2D eigenvalue weighted by atomic mass is 10.0. The van der Waals surface area contributed by atoms with Crippen LogP contribution >= 0.6 is 11.6 Å². The van der Waals surface area contributed by atoms with Crippen LogP contribution in [0.1, 0.15) is 24.4 Å². The predicted molar refractivity (Wildman–Crippen MR) is 93.0 cm³/mol. The van der Waals surface area contributed by atoms with E-state index < -0.39 is 11.6 Å². The highest BCUT2D eigenvalue weighted by Gasteiger charge is 2.24. The van der Waals surface area contributed by atoms with E-state index in [-0.39, 0.29) is 16.6 Å². The SMILES string of the molecule is CNc1cnn(C2CCN(Cc3ccc(F)cc3F)CC2)c(=O)c1Cl. The monoisotopic (exact) mass is 368 g/mol. The Morgan fingerprint density at radius 2 is 2.04 bits per heavy atom. The van der Waals surface area contributed by atoms with Crippen LogP contribution < -0.4 is 10.9 Å². The maximum Gasteiger partial charge on any atom is 0.287 e. The number of nitrogens with zero attached hydrogens (tertiary/aromatic N) is 3. The molecule has 1 aromatic carbocycles. The first kappa shape index (κ1) is 17.8. The van der Waals surface area contributed by atoms with Crippen molar-refractivity contribution in [3.8, 4) is 0 Å². The maximum absolute atomic E-state index is 13.8. The van der Waals surface area contributed by atoms with E-state index in [9.17, 15) is 13.6 Å². The second kappa shape index (κ2) is 7.49. The van der Waals surface area contributed by atoms with E-state index in [0.717, 1.165) is 6.07 Å².